The van der Waals surface area contributed by atoms with Crippen molar-refractivity contribution in [3.63, 3.8) is 0 Å². The maximum Gasteiger partial charge on any atom is 0.246 e. The van der Waals surface area contributed by atoms with Gasteiger partial charge in [-0.3, -0.25) is 0 Å². The molecule has 6 nitrogen and oxygen atoms in total. The van der Waals surface area contributed by atoms with E-state index < -0.39 is 10.0 Å². The summed E-state index contributed by atoms with van der Waals surface area (Å²) in [5.74, 6) is 0.669. The molecule has 1 aromatic carbocycles. The van der Waals surface area contributed by atoms with E-state index in [1.54, 1.807) is 0 Å². The van der Waals surface area contributed by atoms with Gasteiger partial charge in [-0.2, -0.15) is 4.31 Å². The van der Waals surface area contributed by atoms with Gasteiger partial charge in [0.25, 0.3) is 0 Å². The van der Waals surface area contributed by atoms with Crippen LogP contribution in [0.2, 0.25) is 5.02 Å². The molecule has 1 aliphatic heterocycles. The molecule has 0 radical (unpaired) electrons. The predicted molar refractivity (Wildman–Crippen MR) is 87.9 cm³/mol. The normalized spacial score (nSPS) is 18.9. The fraction of sp³-hybridized carbons (Fsp3) is 0.267. The molecule has 0 unspecified atom stereocenters. The molecule has 0 spiro atoms. The second-order valence-corrected chi connectivity index (χ2v) is 7.58. The van der Waals surface area contributed by atoms with Crippen molar-refractivity contribution in [2.24, 2.45) is 0 Å². The van der Waals surface area contributed by atoms with Gasteiger partial charge in [0.05, 0.1) is 11.6 Å². The lowest BCUT2D eigenvalue weighted by atomic mass is 10.3. The Labute approximate surface area is 139 Å². The third-order valence-electron chi connectivity index (χ3n) is 3.62. The van der Waals surface area contributed by atoms with Gasteiger partial charge in [0.2, 0.25) is 10.0 Å². The highest BCUT2D eigenvalue weighted by atomic mass is 35.5. The molecule has 0 aliphatic carbocycles. The number of nitrogens with zero attached hydrogens (tertiary/aromatic N) is 2. The van der Waals surface area contributed by atoms with Crippen LogP contribution in [-0.2, 0) is 10.0 Å². The van der Waals surface area contributed by atoms with Gasteiger partial charge in [-0.05, 0) is 24.6 Å². The monoisotopic (exact) mass is 353 g/mol. The Bertz CT molecular complexity index is 799. The fourth-order valence-corrected chi connectivity index (χ4v) is 4.28. The molecule has 3 rings (SSSR count). The summed E-state index contributed by atoms with van der Waals surface area (Å²) in [4.78, 5) is 3.75. The van der Waals surface area contributed by atoms with E-state index >= 15 is 0 Å². The van der Waals surface area contributed by atoms with E-state index in [1.807, 2.05) is 30.3 Å². The number of benzene rings is 1. The molecule has 2 aromatic rings. The fourth-order valence-electron chi connectivity index (χ4n) is 2.48. The van der Waals surface area contributed by atoms with Crippen molar-refractivity contribution in [3.05, 3.63) is 47.6 Å². The molecule has 1 saturated heterocycles. The van der Waals surface area contributed by atoms with E-state index in [1.165, 1.54) is 16.6 Å². The lowest BCUT2D eigenvalue weighted by molar-refractivity contribution is 0.215. The average molecular weight is 354 g/mol. The second-order valence-electron chi connectivity index (χ2n) is 5.24. The standard InChI is InChI=1S/C15H16ClN3O3S/c16-11-8-14(15(17)18-9-11)23(20,21)19-7-6-13(10-19)22-12-4-2-1-3-5-12/h1-5,8-9,13H,6-7,10H2,(H2,17,18)/t13-/m0/s1. The van der Waals surface area contributed by atoms with E-state index in [9.17, 15) is 8.42 Å². The Morgan fingerprint density at radius 1 is 1.30 bits per heavy atom. The molecule has 2 N–H and O–H groups in total. The molecule has 0 saturated carbocycles. The van der Waals surface area contributed by atoms with Crippen LogP contribution in [0.25, 0.3) is 0 Å². The largest absolute Gasteiger partial charge is 0.489 e. The molecule has 2 heterocycles. The molecule has 0 amide bonds. The number of ether oxygens (including phenoxy) is 1. The summed E-state index contributed by atoms with van der Waals surface area (Å²) in [6.45, 7) is 0.634. The first kappa shape index (κ1) is 16.0. The van der Waals surface area contributed by atoms with E-state index in [2.05, 4.69) is 4.98 Å². The van der Waals surface area contributed by atoms with Gasteiger partial charge >= 0.3 is 0 Å². The van der Waals surface area contributed by atoms with Crippen LogP contribution in [0.1, 0.15) is 6.42 Å². The summed E-state index contributed by atoms with van der Waals surface area (Å²) >= 11 is 5.84. The Hall–Kier alpha value is -1.83. The van der Waals surface area contributed by atoms with Crippen LogP contribution in [0.4, 0.5) is 5.82 Å². The summed E-state index contributed by atoms with van der Waals surface area (Å²) in [7, 11) is -3.74. The summed E-state index contributed by atoms with van der Waals surface area (Å²) in [6, 6.07) is 10.7. The first-order valence-electron chi connectivity index (χ1n) is 7.09. The minimum Gasteiger partial charge on any atom is -0.489 e. The van der Waals surface area contributed by atoms with Crippen LogP contribution in [0, 0.1) is 0 Å². The highest BCUT2D eigenvalue weighted by Crippen LogP contribution is 2.27. The van der Waals surface area contributed by atoms with Gasteiger partial charge in [0.1, 0.15) is 22.6 Å². The SMILES string of the molecule is Nc1ncc(Cl)cc1S(=O)(=O)N1CC[C@H](Oc2ccccc2)C1. The first-order chi connectivity index (χ1) is 11.0. The third-order valence-corrected chi connectivity index (χ3v) is 5.72. The number of nitrogen functional groups attached to an aromatic ring is 1. The maximum absolute atomic E-state index is 12.7. The number of halogens is 1. The van der Waals surface area contributed by atoms with Crippen molar-refractivity contribution in [2.45, 2.75) is 17.4 Å². The van der Waals surface area contributed by atoms with Crippen molar-refractivity contribution in [1.29, 1.82) is 0 Å². The summed E-state index contributed by atoms with van der Waals surface area (Å²) in [5.41, 5.74) is 5.69. The quantitative estimate of drug-likeness (QED) is 0.910. The molecular formula is C15H16ClN3O3S. The van der Waals surface area contributed by atoms with Gasteiger partial charge in [0, 0.05) is 12.7 Å². The van der Waals surface area contributed by atoms with Crippen LogP contribution in [0.5, 0.6) is 5.75 Å². The molecule has 1 fully saturated rings. The zero-order valence-corrected chi connectivity index (χ0v) is 13.8. The second kappa shape index (κ2) is 6.35. The van der Waals surface area contributed by atoms with Crippen molar-refractivity contribution in [3.8, 4) is 5.75 Å². The number of aromatic nitrogens is 1. The average Bonchev–Trinajstić information content (AvgIpc) is 3.00. The van der Waals surface area contributed by atoms with Gasteiger partial charge in [-0.1, -0.05) is 29.8 Å². The van der Waals surface area contributed by atoms with E-state index in [0.29, 0.717) is 13.0 Å². The molecule has 1 atom stereocenters. The smallest absolute Gasteiger partial charge is 0.246 e. The van der Waals surface area contributed by atoms with Gasteiger partial charge in [0.15, 0.2) is 0 Å². The minimum atomic E-state index is -3.74. The van der Waals surface area contributed by atoms with Crippen molar-refractivity contribution < 1.29 is 13.2 Å². The number of sulfonamides is 1. The lowest BCUT2D eigenvalue weighted by Crippen LogP contribution is -2.31. The molecule has 1 aliphatic rings. The Balaban J connectivity index is 1.76. The molecule has 8 heteroatoms. The highest BCUT2D eigenvalue weighted by molar-refractivity contribution is 7.89. The summed E-state index contributed by atoms with van der Waals surface area (Å²) < 4.78 is 32.6. The minimum absolute atomic E-state index is 0.0539. The van der Waals surface area contributed by atoms with Crippen molar-refractivity contribution in [1.82, 2.24) is 9.29 Å². The van der Waals surface area contributed by atoms with Crippen LogP contribution in [0.3, 0.4) is 0 Å². The number of nitrogens with two attached hydrogens (primary N) is 1. The molecule has 23 heavy (non-hydrogen) atoms. The zero-order chi connectivity index (χ0) is 16.4. The van der Waals surface area contributed by atoms with Crippen LogP contribution < -0.4 is 10.5 Å². The molecule has 122 valence electrons. The molecule has 1 aromatic heterocycles. The summed E-state index contributed by atoms with van der Waals surface area (Å²) in [5, 5.41) is 0.231. The topological polar surface area (TPSA) is 85.5 Å². The van der Waals surface area contributed by atoms with Crippen molar-refractivity contribution >= 4 is 27.4 Å². The Kier molecular flexibility index (Phi) is 4.43. The molecular weight excluding hydrogens is 338 g/mol. The first-order valence-corrected chi connectivity index (χ1v) is 8.91. The highest BCUT2D eigenvalue weighted by Gasteiger charge is 2.35. The van der Waals surface area contributed by atoms with Gasteiger partial charge in [-0.15, -0.1) is 0 Å². The van der Waals surface area contributed by atoms with Crippen LogP contribution in [-0.4, -0.2) is 36.9 Å². The number of anilines is 1. The zero-order valence-electron chi connectivity index (χ0n) is 12.2. The summed E-state index contributed by atoms with van der Waals surface area (Å²) in [6.07, 6.45) is 1.74. The van der Waals surface area contributed by atoms with Gasteiger partial charge < -0.3 is 10.5 Å². The third kappa shape index (κ3) is 3.41. The van der Waals surface area contributed by atoms with Crippen molar-refractivity contribution in [2.75, 3.05) is 18.8 Å². The lowest BCUT2D eigenvalue weighted by Gasteiger charge is -2.18. The van der Waals surface area contributed by atoms with Crippen LogP contribution in [0.15, 0.2) is 47.5 Å². The maximum atomic E-state index is 12.7. The van der Waals surface area contributed by atoms with Crippen LogP contribution >= 0.6 is 11.6 Å². The number of pyridine rings is 1. The predicted octanol–water partition coefficient (Wildman–Crippen LogP) is 2.16. The number of hydrogen-bond acceptors (Lipinski definition) is 5. The number of para-hydroxylation sites is 1. The Morgan fingerprint density at radius 2 is 2.04 bits per heavy atom. The molecule has 0 bridgehead atoms. The number of rotatable bonds is 4. The number of hydrogen-bond donors (Lipinski definition) is 1. The Morgan fingerprint density at radius 3 is 2.78 bits per heavy atom. The van der Waals surface area contributed by atoms with Gasteiger partial charge in [-0.25, -0.2) is 13.4 Å². The van der Waals surface area contributed by atoms with E-state index in [4.69, 9.17) is 22.1 Å². The van der Waals surface area contributed by atoms with E-state index in [-0.39, 0.29) is 28.4 Å². The van der Waals surface area contributed by atoms with E-state index in [0.717, 1.165) is 5.75 Å².